The fraction of sp³-hybridized carbons (Fsp3) is 0.0806. The molecule has 0 bridgehead atoms. The Kier molecular flexibility index (Phi) is 10.3. The predicted octanol–water partition coefficient (Wildman–Crippen LogP) is 16.2. The summed E-state index contributed by atoms with van der Waals surface area (Å²) < 4.78 is 2.43. The maximum Gasteiger partial charge on any atom is 0.160 e. The average Bonchev–Trinajstić information content (AvgIpc) is 3.67. The molecule has 0 fully saturated rings. The summed E-state index contributed by atoms with van der Waals surface area (Å²) in [6.07, 6.45) is 3.71. The lowest BCUT2D eigenvalue weighted by molar-refractivity contribution is 1.18. The summed E-state index contributed by atoms with van der Waals surface area (Å²) in [6, 6.07) is 68.0. The van der Waals surface area contributed by atoms with E-state index in [4.69, 9.17) is 9.97 Å². The first-order chi connectivity index (χ1) is 32.3. The van der Waals surface area contributed by atoms with E-state index in [1.54, 1.807) is 0 Å². The standard InChI is InChI=1S/C62H48N4/c1-39-17-19-47(20-18-39)62-64-56(46-15-7-6-8-16-46)38-57(65-62)52-34-50(33-51(35-52)45-29-31-63-32-30-45)44-21-25-53(26-22-44)66-58-27-23-48(60-40(2)11-9-12-41(60)3)36-54(58)55-37-49(24-28-59(55)66)61-42(4)13-10-14-43(61)5/h6-38H,1-5H3. The number of fused-ring (bicyclic) bond motifs is 3. The number of hydrogen-bond donors (Lipinski definition) is 0. The maximum atomic E-state index is 5.25. The topological polar surface area (TPSA) is 43.6 Å². The molecule has 316 valence electrons. The summed E-state index contributed by atoms with van der Waals surface area (Å²) in [6.45, 7) is 11.0. The van der Waals surface area contributed by atoms with Crippen LogP contribution < -0.4 is 0 Å². The molecule has 11 aromatic rings. The fourth-order valence-electron chi connectivity index (χ4n) is 9.79. The van der Waals surface area contributed by atoms with Crippen molar-refractivity contribution in [3.05, 3.63) is 228 Å². The lowest BCUT2D eigenvalue weighted by Crippen LogP contribution is -1.97. The van der Waals surface area contributed by atoms with Gasteiger partial charge in [-0.05, 0) is 174 Å². The van der Waals surface area contributed by atoms with E-state index in [-0.39, 0.29) is 0 Å². The van der Waals surface area contributed by atoms with Gasteiger partial charge in [-0.2, -0.15) is 0 Å². The molecular weight excluding hydrogens is 801 g/mol. The Labute approximate surface area is 386 Å². The lowest BCUT2D eigenvalue weighted by atomic mass is 9.93. The summed E-state index contributed by atoms with van der Waals surface area (Å²) in [7, 11) is 0. The highest BCUT2D eigenvalue weighted by Gasteiger charge is 2.18. The molecule has 4 heteroatoms. The van der Waals surface area contributed by atoms with Gasteiger partial charge in [-0.1, -0.05) is 121 Å². The van der Waals surface area contributed by atoms with Crippen LogP contribution in [0, 0.1) is 34.6 Å². The van der Waals surface area contributed by atoms with Crippen molar-refractivity contribution in [1.29, 1.82) is 0 Å². The second-order valence-corrected chi connectivity index (χ2v) is 17.6. The van der Waals surface area contributed by atoms with Crippen molar-refractivity contribution in [3.8, 4) is 84.1 Å². The number of aryl methyl sites for hydroxylation is 5. The van der Waals surface area contributed by atoms with E-state index in [1.165, 1.54) is 71.9 Å². The smallest absolute Gasteiger partial charge is 0.160 e. The summed E-state index contributed by atoms with van der Waals surface area (Å²) in [5.41, 5.74) is 24.0. The van der Waals surface area contributed by atoms with E-state index in [0.717, 1.165) is 56.0 Å². The number of benzene rings is 8. The van der Waals surface area contributed by atoms with Crippen LogP contribution in [-0.4, -0.2) is 19.5 Å². The van der Waals surface area contributed by atoms with Crippen LogP contribution in [0.4, 0.5) is 0 Å². The molecule has 3 aromatic heterocycles. The van der Waals surface area contributed by atoms with Crippen molar-refractivity contribution in [2.24, 2.45) is 0 Å². The van der Waals surface area contributed by atoms with Crippen molar-refractivity contribution in [2.45, 2.75) is 34.6 Å². The first-order valence-electron chi connectivity index (χ1n) is 22.7. The molecule has 8 aromatic carbocycles. The minimum atomic E-state index is 0.695. The Hall–Kier alpha value is -8.21. The van der Waals surface area contributed by atoms with E-state index in [1.807, 2.05) is 18.5 Å². The van der Waals surface area contributed by atoms with Crippen LogP contribution in [0.3, 0.4) is 0 Å². The fourth-order valence-corrected chi connectivity index (χ4v) is 9.79. The molecule has 0 saturated carbocycles. The molecule has 0 saturated heterocycles. The Morgan fingerprint density at radius 2 is 0.803 bits per heavy atom. The molecule has 0 aliphatic rings. The number of nitrogens with zero attached hydrogens (tertiary/aromatic N) is 4. The van der Waals surface area contributed by atoms with E-state index in [0.29, 0.717) is 5.82 Å². The minimum absolute atomic E-state index is 0.695. The third-order valence-corrected chi connectivity index (χ3v) is 13.1. The van der Waals surface area contributed by atoms with Crippen LogP contribution in [-0.2, 0) is 0 Å². The van der Waals surface area contributed by atoms with Crippen LogP contribution in [0.2, 0.25) is 0 Å². The van der Waals surface area contributed by atoms with Crippen molar-refractivity contribution in [2.75, 3.05) is 0 Å². The number of rotatable bonds is 8. The molecule has 0 spiro atoms. The number of pyridine rings is 1. The van der Waals surface area contributed by atoms with Crippen molar-refractivity contribution >= 4 is 21.8 Å². The molecule has 0 unspecified atom stereocenters. The van der Waals surface area contributed by atoms with Crippen LogP contribution in [0.1, 0.15) is 27.8 Å². The zero-order chi connectivity index (χ0) is 44.9. The summed E-state index contributed by atoms with van der Waals surface area (Å²) >= 11 is 0. The van der Waals surface area contributed by atoms with Crippen LogP contribution in [0.15, 0.2) is 200 Å². The van der Waals surface area contributed by atoms with E-state index in [9.17, 15) is 0 Å². The first kappa shape index (κ1) is 40.6. The Balaban J connectivity index is 1.06. The Bertz CT molecular complexity index is 3450. The van der Waals surface area contributed by atoms with Crippen molar-refractivity contribution in [3.63, 3.8) is 0 Å². The molecule has 0 atom stereocenters. The monoisotopic (exact) mass is 848 g/mol. The van der Waals surface area contributed by atoms with Gasteiger partial charge in [0.2, 0.25) is 0 Å². The number of hydrogen-bond acceptors (Lipinski definition) is 3. The van der Waals surface area contributed by atoms with Gasteiger partial charge in [0, 0.05) is 45.5 Å². The predicted molar refractivity (Wildman–Crippen MR) is 276 cm³/mol. The quantitative estimate of drug-likeness (QED) is 0.153. The van der Waals surface area contributed by atoms with Crippen molar-refractivity contribution in [1.82, 2.24) is 19.5 Å². The van der Waals surface area contributed by atoms with Gasteiger partial charge < -0.3 is 4.57 Å². The molecule has 11 rings (SSSR count). The number of aromatic nitrogens is 4. The van der Waals surface area contributed by atoms with Gasteiger partial charge in [-0.25, -0.2) is 9.97 Å². The van der Waals surface area contributed by atoms with Gasteiger partial charge in [-0.3, -0.25) is 4.98 Å². The van der Waals surface area contributed by atoms with E-state index in [2.05, 4.69) is 226 Å². The van der Waals surface area contributed by atoms with Gasteiger partial charge in [0.25, 0.3) is 0 Å². The molecule has 4 nitrogen and oxygen atoms in total. The van der Waals surface area contributed by atoms with Gasteiger partial charge in [0.1, 0.15) is 0 Å². The molecule has 0 N–H and O–H groups in total. The van der Waals surface area contributed by atoms with Gasteiger partial charge in [-0.15, -0.1) is 0 Å². The third kappa shape index (κ3) is 7.46. The Morgan fingerprint density at radius 1 is 0.333 bits per heavy atom. The lowest BCUT2D eigenvalue weighted by Gasteiger charge is -2.14. The van der Waals surface area contributed by atoms with Gasteiger partial charge >= 0.3 is 0 Å². The summed E-state index contributed by atoms with van der Waals surface area (Å²) in [4.78, 5) is 14.7. The highest BCUT2D eigenvalue weighted by Crippen LogP contribution is 2.41. The second-order valence-electron chi connectivity index (χ2n) is 17.6. The molecule has 66 heavy (non-hydrogen) atoms. The minimum Gasteiger partial charge on any atom is -0.309 e. The van der Waals surface area contributed by atoms with Gasteiger partial charge in [0.15, 0.2) is 5.82 Å². The second kappa shape index (κ2) is 16.7. The largest absolute Gasteiger partial charge is 0.309 e. The molecule has 0 radical (unpaired) electrons. The third-order valence-electron chi connectivity index (χ3n) is 13.1. The first-order valence-corrected chi connectivity index (χ1v) is 22.7. The average molecular weight is 849 g/mol. The zero-order valence-corrected chi connectivity index (χ0v) is 37.8. The molecule has 3 heterocycles. The SMILES string of the molecule is Cc1ccc(-c2nc(-c3ccccc3)cc(-c3cc(-c4ccncc4)cc(-c4ccc(-n5c6ccc(-c7c(C)cccc7C)cc6c6cc(-c7c(C)cccc7C)ccc65)cc4)c3)n2)cc1. The normalized spacial score (nSPS) is 11.4. The van der Waals surface area contributed by atoms with Crippen molar-refractivity contribution < 1.29 is 0 Å². The van der Waals surface area contributed by atoms with Crippen LogP contribution in [0.5, 0.6) is 0 Å². The summed E-state index contributed by atoms with van der Waals surface area (Å²) in [5.74, 6) is 0.695. The Morgan fingerprint density at radius 3 is 1.35 bits per heavy atom. The summed E-state index contributed by atoms with van der Waals surface area (Å²) in [5, 5.41) is 2.48. The highest BCUT2D eigenvalue weighted by atomic mass is 15.0. The maximum absolute atomic E-state index is 5.25. The van der Waals surface area contributed by atoms with Crippen LogP contribution >= 0.6 is 0 Å². The molecule has 0 amide bonds. The van der Waals surface area contributed by atoms with E-state index >= 15 is 0 Å². The molecule has 0 aliphatic heterocycles. The van der Waals surface area contributed by atoms with Crippen LogP contribution in [0.25, 0.3) is 106 Å². The molecular formula is C62H48N4. The highest BCUT2D eigenvalue weighted by molar-refractivity contribution is 6.12. The zero-order valence-electron chi connectivity index (χ0n) is 37.8. The van der Waals surface area contributed by atoms with Gasteiger partial charge in [0.05, 0.1) is 22.4 Å². The van der Waals surface area contributed by atoms with E-state index < -0.39 is 0 Å². The molecule has 0 aliphatic carbocycles.